The van der Waals surface area contributed by atoms with Crippen molar-refractivity contribution >= 4 is 11.9 Å². The van der Waals surface area contributed by atoms with Gasteiger partial charge in [-0.1, -0.05) is 12.1 Å². The van der Waals surface area contributed by atoms with E-state index in [4.69, 9.17) is 0 Å². The van der Waals surface area contributed by atoms with Crippen LogP contribution in [0.25, 0.3) is 0 Å². The number of halogens is 1. The molecule has 1 aromatic carbocycles. The fourth-order valence-corrected chi connectivity index (χ4v) is 3.38. The number of likely N-dealkylation sites (tertiary alicyclic amines) is 1. The number of piperidine rings is 1. The van der Waals surface area contributed by atoms with Crippen LogP contribution in [-0.4, -0.2) is 55.0 Å². The van der Waals surface area contributed by atoms with Gasteiger partial charge in [-0.3, -0.25) is 4.79 Å². The molecule has 0 spiro atoms. The molecule has 1 saturated carbocycles. The second-order valence-corrected chi connectivity index (χ2v) is 6.94. The minimum absolute atomic E-state index is 0.0249. The number of amides is 3. The molecular weight excluding hydrogens is 309 g/mol. The third-order valence-electron chi connectivity index (χ3n) is 4.97. The molecule has 3 rings (SSSR count). The molecule has 6 heteroatoms. The van der Waals surface area contributed by atoms with Crippen molar-refractivity contribution in [3.8, 4) is 0 Å². The lowest BCUT2D eigenvalue weighted by molar-refractivity contribution is -0.134. The van der Waals surface area contributed by atoms with Gasteiger partial charge in [0.15, 0.2) is 0 Å². The van der Waals surface area contributed by atoms with Crippen molar-refractivity contribution in [2.24, 2.45) is 5.92 Å². The fraction of sp³-hybridized carbons (Fsp3) is 0.556. The van der Waals surface area contributed by atoms with Gasteiger partial charge in [-0.2, -0.15) is 0 Å². The van der Waals surface area contributed by atoms with E-state index in [0.717, 1.165) is 24.8 Å². The standard InChI is InChI=1S/C18H24FN3O2/c1-21(2)17(23)13-7-9-22(10-8-13)18(24)20-16-11-15(16)12-3-5-14(19)6-4-12/h3-6,13,15-16H,7-11H2,1-2H3,(H,20,24)/t15-,16+/m1/s1. The van der Waals surface area contributed by atoms with E-state index >= 15 is 0 Å². The van der Waals surface area contributed by atoms with Gasteiger partial charge in [0.05, 0.1) is 0 Å². The van der Waals surface area contributed by atoms with Gasteiger partial charge < -0.3 is 15.1 Å². The fourth-order valence-electron chi connectivity index (χ4n) is 3.38. The summed E-state index contributed by atoms with van der Waals surface area (Å²) >= 11 is 0. The molecule has 2 atom stereocenters. The zero-order chi connectivity index (χ0) is 17.3. The molecule has 1 aromatic rings. The predicted molar refractivity (Wildman–Crippen MR) is 89.1 cm³/mol. The summed E-state index contributed by atoms with van der Waals surface area (Å²) in [6.07, 6.45) is 2.33. The summed E-state index contributed by atoms with van der Waals surface area (Å²) in [5.41, 5.74) is 1.07. The molecule has 0 aromatic heterocycles. The van der Waals surface area contributed by atoms with Crippen LogP contribution >= 0.6 is 0 Å². The molecule has 3 amide bonds. The Balaban J connectivity index is 1.46. The number of hydrogen-bond acceptors (Lipinski definition) is 2. The first kappa shape index (κ1) is 16.7. The summed E-state index contributed by atoms with van der Waals surface area (Å²) in [5, 5.41) is 3.05. The largest absolute Gasteiger partial charge is 0.349 e. The number of nitrogens with one attached hydrogen (secondary N) is 1. The summed E-state index contributed by atoms with van der Waals surface area (Å²) in [7, 11) is 3.54. The van der Waals surface area contributed by atoms with Crippen LogP contribution in [0.5, 0.6) is 0 Å². The van der Waals surface area contributed by atoms with Crippen LogP contribution in [0.4, 0.5) is 9.18 Å². The van der Waals surface area contributed by atoms with Crippen molar-refractivity contribution in [2.45, 2.75) is 31.2 Å². The van der Waals surface area contributed by atoms with Crippen LogP contribution in [0.15, 0.2) is 24.3 Å². The van der Waals surface area contributed by atoms with E-state index < -0.39 is 0 Å². The molecule has 2 fully saturated rings. The van der Waals surface area contributed by atoms with Gasteiger partial charge in [-0.05, 0) is 37.0 Å². The van der Waals surface area contributed by atoms with E-state index in [1.54, 1.807) is 36.0 Å². The molecule has 1 N–H and O–H groups in total. The lowest BCUT2D eigenvalue weighted by atomic mass is 9.96. The van der Waals surface area contributed by atoms with Gasteiger partial charge in [-0.15, -0.1) is 0 Å². The summed E-state index contributed by atoms with van der Waals surface area (Å²) in [5.74, 6) is 0.211. The molecule has 130 valence electrons. The third kappa shape index (κ3) is 3.68. The molecule has 5 nitrogen and oxygen atoms in total. The second kappa shape index (κ2) is 6.79. The van der Waals surface area contributed by atoms with Gasteiger partial charge in [-0.25, -0.2) is 9.18 Å². The van der Waals surface area contributed by atoms with Gasteiger partial charge in [0, 0.05) is 45.1 Å². The zero-order valence-electron chi connectivity index (χ0n) is 14.2. The second-order valence-electron chi connectivity index (χ2n) is 6.94. The highest BCUT2D eigenvalue weighted by atomic mass is 19.1. The average Bonchev–Trinajstić information content (AvgIpc) is 3.34. The monoisotopic (exact) mass is 333 g/mol. The Morgan fingerprint density at radius 1 is 1.17 bits per heavy atom. The normalized spacial score (nSPS) is 23.7. The van der Waals surface area contributed by atoms with Crippen LogP contribution in [0, 0.1) is 11.7 Å². The Hall–Kier alpha value is -2.11. The maximum atomic E-state index is 13.0. The zero-order valence-corrected chi connectivity index (χ0v) is 14.2. The van der Waals surface area contributed by atoms with Crippen molar-refractivity contribution in [1.82, 2.24) is 15.1 Å². The van der Waals surface area contributed by atoms with Crippen molar-refractivity contribution < 1.29 is 14.0 Å². The number of nitrogens with zero attached hydrogens (tertiary/aromatic N) is 2. The molecule has 1 aliphatic heterocycles. The first-order valence-electron chi connectivity index (χ1n) is 8.48. The molecule has 0 radical (unpaired) electrons. The predicted octanol–water partition coefficient (Wildman–Crippen LogP) is 2.19. The molecule has 0 bridgehead atoms. The van der Waals surface area contributed by atoms with Crippen LogP contribution in [0.2, 0.25) is 0 Å². The Morgan fingerprint density at radius 3 is 2.38 bits per heavy atom. The topological polar surface area (TPSA) is 52.7 Å². The average molecular weight is 333 g/mol. The van der Waals surface area contributed by atoms with Crippen LogP contribution in [-0.2, 0) is 4.79 Å². The molecule has 1 heterocycles. The summed E-state index contributed by atoms with van der Waals surface area (Å²) in [6.45, 7) is 1.23. The molecule has 1 aliphatic carbocycles. The molecular formula is C18H24FN3O2. The highest BCUT2D eigenvalue weighted by Crippen LogP contribution is 2.40. The first-order chi connectivity index (χ1) is 11.5. The molecule has 24 heavy (non-hydrogen) atoms. The van der Waals surface area contributed by atoms with E-state index in [9.17, 15) is 14.0 Å². The Bertz CT molecular complexity index is 609. The van der Waals surface area contributed by atoms with E-state index in [1.165, 1.54) is 12.1 Å². The smallest absolute Gasteiger partial charge is 0.317 e. The number of carbonyl (C=O) groups excluding carboxylic acids is 2. The SMILES string of the molecule is CN(C)C(=O)C1CCN(C(=O)N[C@H]2C[C@@H]2c2ccc(F)cc2)CC1. The third-order valence-corrected chi connectivity index (χ3v) is 4.97. The van der Waals surface area contributed by atoms with E-state index in [1.807, 2.05) is 0 Å². The van der Waals surface area contributed by atoms with E-state index in [2.05, 4.69) is 5.32 Å². The van der Waals surface area contributed by atoms with Crippen molar-refractivity contribution in [3.05, 3.63) is 35.6 Å². The van der Waals surface area contributed by atoms with Crippen molar-refractivity contribution in [3.63, 3.8) is 0 Å². The van der Waals surface area contributed by atoms with E-state index in [-0.39, 0.29) is 35.6 Å². The number of rotatable bonds is 3. The van der Waals surface area contributed by atoms with Gasteiger partial charge in [0.25, 0.3) is 0 Å². The lowest BCUT2D eigenvalue weighted by Gasteiger charge is -2.32. The Labute approximate surface area is 141 Å². The molecule has 1 saturated heterocycles. The van der Waals surface area contributed by atoms with Crippen LogP contribution < -0.4 is 5.32 Å². The first-order valence-corrected chi connectivity index (χ1v) is 8.48. The maximum absolute atomic E-state index is 13.0. The van der Waals surface area contributed by atoms with Gasteiger partial charge in [0.1, 0.15) is 5.82 Å². The Morgan fingerprint density at radius 2 is 1.79 bits per heavy atom. The van der Waals surface area contributed by atoms with Crippen molar-refractivity contribution in [2.75, 3.05) is 27.2 Å². The Kier molecular flexibility index (Phi) is 4.73. The maximum Gasteiger partial charge on any atom is 0.317 e. The highest BCUT2D eigenvalue weighted by molar-refractivity contribution is 5.79. The summed E-state index contributed by atoms with van der Waals surface area (Å²) in [6, 6.07) is 6.55. The molecule has 0 unspecified atom stereocenters. The number of urea groups is 1. The minimum Gasteiger partial charge on any atom is -0.349 e. The summed E-state index contributed by atoms with van der Waals surface area (Å²) < 4.78 is 13.0. The summed E-state index contributed by atoms with van der Waals surface area (Å²) in [4.78, 5) is 27.7. The lowest BCUT2D eigenvalue weighted by Crippen LogP contribution is -2.47. The van der Waals surface area contributed by atoms with Gasteiger partial charge in [0.2, 0.25) is 5.91 Å². The number of carbonyl (C=O) groups is 2. The molecule has 2 aliphatic rings. The number of benzene rings is 1. The van der Waals surface area contributed by atoms with Crippen LogP contribution in [0.1, 0.15) is 30.7 Å². The van der Waals surface area contributed by atoms with E-state index in [0.29, 0.717) is 13.1 Å². The van der Waals surface area contributed by atoms with Crippen LogP contribution in [0.3, 0.4) is 0 Å². The van der Waals surface area contributed by atoms with Crippen molar-refractivity contribution in [1.29, 1.82) is 0 Å². The van der Waals surface area contributed by atoms with Gasteiger partial charge >= 0.3 is 6.03 Å². The number of hydrogen-bond donors (Lipinski definition) is 1. The highest BCUT2D eigenvalue weighted by Gasteiger charge is 2.40. The minimum atomic E-state index is -0.241. The quantitative estimate of drug-likeness (QED) is 0.922.